The second-order valence-corrected chi connectivity index (χ2v) is 4.11. The van der Waals surface area contributed by atoms with E-state index in [1.165, 1.54) is 16.8 Å². The molecule has 0 radical (unpaired) electrons. The first-order chi connectivity index (χ1) is 9.40. The average molecular weight is 281 g/mol. The van der Waals surface area contributed by atoms with Crippen LogP contribution in [0.25, 0.3) is 0 Å². The third-order valence-electron chi connectivity index (χ3n) is 2.56. The molecule has 104 valence electrons. The van der Waals surface area contributed by atoms with Crippen LogP contribution in [-0.2, 0) is 19.8 Å². The number of alkyl halides is 3. The summed E-state index contributed by atoms with van der Waals surface area (Å²) in [5, 5.41) is 18.8. The van der Waals surface area contributed by atoms with Crippen LogP contribution in [0.3, 0.4) is 0 Å². The fourth-order valence-corrected chi connectivity index (χ4v) is 1.66. The third kappa shape index (κ3) is 3.06. The van der Waals surface area contributed by atoms with Gasteiger partial charge in [-0.2, -0.15) is 18.4 Å². The summed E-state index contributed by atoms with van der Waals surface area (Å²) >= 11 is 0. The summed E-state index contributed by atoms with van der Waals surface area (Å²) in [6.07, 6.45) is -2.93. The molecule has 0 aliphatic heterocycles. The highest BCUT2D eigenvalue weighted by Crippen LogP contribution is 2.35. The molecule has 0 amide bonds. The molecule has 0 saturated heterocycles. The molecule has 0 saturated carbocycles. The Kier molecular flexibility index (Phi) is 3.61. The zero-order valence-electron chi connectivity index (χ0n) is 10.4. The van der Waals surface area contributed by atoms with E-state index >= 15 is 0 Å². The Labute approximate surface area is 112 Å². The Bertz CT molecular complexity index is 654. The summed E-state index contributed by atoms with van der Waals surface area (Å²) in [5.41, 5.74) is -0.491. The van der Waals surface area contributed by atoms with E-state index in [4.69, 9.17) is 5.26 Å². The van der Waals surface area contributed by atoms with Gasteiger partial charge in [-0.15, -0.1) is 5.10 Å². The smallest absolute Gasteiger partial charge is 0.379 e. The predicted molar refractivity (Wildman–Crippen MR) is 64.5 cm³/mol. The molecular formula is C12H10F3N5. The van der Waals surface area contributed by atoms with Crippen molar-refractivity contribution in [1.29, 1.82) is 5.26 Å². The van der Waals surface area contributed by atoms with Crippen LogP contribution in [0.4, 0.5) is 18.9 Å². The number of hydrogen-bond donors (Lipinski definition) is 1. The van der Waals surface area contributed by atoms with Crippen molar-refractivity contribution in [3.63, 3.8) is 0 Å². The van der Waals surface area contributed by atoms with E-state index in [9.17, 15) is 13.2 Å². The Morgan fingerprint density at radius 1 is 1.40 bits per heavy atom. The molecule has 20 heavy (non-hydrogen) atoms. The molecule has 5 nitrogen and oxygen atoms in total. The molecular weight excluding hydrogens is 271 g/mol. The lowest BCUT2D eigenvalue weighted by molar-refractivity contribution is -0.137. The van der Waals surface area contributed by atoms with Crippen molar-refractivity contribution >= 4 is 5.69 Å². The summed E-state index contributed by atoms with van der Waals surface area (Å²) in [7, 11) is 1.67. The van der Waals surface area contributed by atoms with E-state index in [-0.39, 0.29) is 17.8 Å². The van der Waals surface area contributed by atoms with Gasteiger partial charge in [0.15, 0.2) is 0 Å². The third-order valence-corrected chi connectivity index (χ3v) is 2.56. The average Bonchev–Trinajstić information content (AvgIpc) is 2.81. The Balaban J connectivity index is 2.25. The predicted octanol–water partition coefficient (Wildman–Crippen LogP) is 2.32. The Morgan fingerprint density at radius 3 is 2.70 bits per heavy atom. The van der Waals surface area contributed by atoms with Crippen molar-refractivity contribution < 1.29 is 13.2 Å². The van der Waals surface area contributed by atoms with Crippen LogP contribution in [0, 0.1) is 11.3 Å². The summed E-state index contributed by atoms with van der Waals surface area (Å²) < 4.78 is 40.2. The van der Waals surface area contributed by atoms with E-state index in [2.05, 4.69) is 15.6 Å². The van der Waals surface area contributed by atoms with Gasteiger partial charge in [0.25, 0.3) is 0 Å². The van der Waals surface area contributed by atoms with Gasteiger partial charge in [-0.25, -0.2) is 0 Å². The number of nitrogens with one attached hydrogen (secondary N) is 1. The number of halogens is 3. The summed E-state index contributed by atoms with van der Waals surface area (Å²) in [5.74, 6) is 0. The molecule has 1 aromatic carbocycles. The molecule has 0 bridgehead atoms. The van der Waals surface area contributed by atoms with Crippen LogP contribution in [-0.4, -0.2) is 15.0 Å². The normalized spacial score (nSPS) is 11.2. The maximum Gasteiger partial charge on any atom is 0.418 e. The van der Waals surface area contributed by atoms with Crippen molar-refractivity contribution in [2.75, 3.05) is 5.32 Å². The minimum atomic E-state index is -4.53. The van der Waals surface area contributed by atoms with Gasteiger partial charge in [0.05, 0.1) is 23.7 Å². The second-order valence-electron chi connectivity index (χ2n) is 4.11. The molecule has 1 heterocycles. The number of aryl methyl sites for hydroxylation is 1. The van der Waals surface area contributed by atoms with Crippen molar-refractivity contribution in [2.24, 2.45) is 7.05 Å². The van der Waals surface area contributed by atoms with Crippen LogP contribution < -0.4 is 5.32 Å². The molecule has 0 atom stereocenters. The van der Waals surface area contributed by atoms with Crippen LogP contribution in [0.15, 0.2) is 24.4 Å². The van der Waals surface area contributed by atoms with Crippen LogP contribution in [0.1, 0.15) is 16.8 Å². The first-order valence-corrected chi connectivity index (χ1v) is 5.60. The monoisotopic (exact) mass is 281 g/mol. The van der Waals surface area contributed by atoms with Gasteiger partial charge in [0.2, 0.25) is 0 Å². The SMILES string of the molecule is Cn1cc(CNc2ccc(C#N)cc2C(F)(F)F)nn1. The quantitative estimate of drug-likeness (QED) is 0.937. The van der Waals surface area contributed by atoms with E-state index in [1.54, 1.807) is 19.3 Å². The molecule has 2 rings (SSSR count). The maximum absolute atomic E-state index is 12.9. The molecule has 2 aromatic rings. The summed E-state index contributed by atoms with van der Waals surface area (Å²) in [6, 6.07) is 5.07. The number of rotatable bonds is 3. The lowest BCUT2D eigenvalue weighted by Gasteiger charge is -2.14. The molecule has 0 aliphatic rings. The lowest BCUT2D eigenvalue weighted by atomic mass is 10.1. The zero-order valence-corrected chi connectivity index (χ0v) is 10.4. The highest BCUT2D eigenvalue weighted by atomic mass is 19.4. The first-order valence-electron chi connectivity index (χ1n) is 5.60. The zero-order chi connectivity index (χ0) is 14.8. The highest BCUT2D eigenvalue weighted by Gasteiger charge is 2.33. The standard InChI is InChI=1S/C12H10F3N5/c1-20-7-9(18-19-20)6-17-11-3-2-8(5-16)4-10(11)12(13,14)15/h2-4,7,17H,6H2,1H3. The van der Waals surface area contributed by atoms with Crippen molar-refractivity contribution in [2.45, 2.75) is 12.7 Å². The molecule has 0 spiro atoms. The minimum absolute atomic E-state index is 0.0395. The van der Waals surface area contributed by atoms with E-state index < -0.39 is 11.7 Å². The van der Waals surface area contributed by atoms with Crippen LogP contribution in [0.2, 0.25) is 0 Å². The van der Waals surface area contributed by atoms with Crippen LogP contribution in [0.5, 0.6) is 0 Å². The number of anilines is 1. The highest BCUT2D eigenvalue weighted by molar-refractivity contribution is 5.56. The molecule has 1 aromatic heterocycles. The molecule has 0 aliphatic carbocycles. The maximum atomic E-state index is 12.9. The molecule has 0 fully saturated rings. The molecule has 8 heteroatoms. The Morgan fingerprint density at radius 2 is 2.15 bits per heavy atom. The van der Waals surface area contributed by atoms with Gasteiger partial charge in [-0.1, -0.05) is 5.21 Å². The minimum Gasteiger partial charge on any atom is -0.379 e. The topological polar surface area (TPSA) is 66.5 Å². The molecule has 0 unspecified atom stereocenters. The fraction of sp³-hybridized carbons (Fsp3) is 0.250. The van der Waals surface area contributed by atoms with Gasteiger partial charge in [0.1, 0.15) is 5.69 Å². The van der Waals surface area contributed by atoms with Gasteiger partial charge in [0, 0.05) is 18.9 Å². The van der Waals surface area contributed by atoms with Gasteiger partial charge in [-0.3, -0.25) is 4.68 Å². The van der Waals surface area contributed by atoms with E-state index in [0.717, 1.165) is 6.07 Å². The van der Waals surface area contributed by atoms with E-state index in [0.29, 0.717) is 5.69 Å². The number of nitrogens with zero attached hydrogens (tertiary/aromatic N) is 4. The fourth-order valence-electron chi connectivity index (χ4n) is 1.66. The van der Waals surface area contributed by atoms with Crippen LogP contribution >= 0.6 is 0 Å². The van der Waals surface area contributed by atoms with Gasteiger partial charge < -0.3 is 5.32 Å². The van der Waals surface area contributed by atoms with Gasteiger partial charge >= 0.3 is 6.18 Å². The summed E-state index contributed by atoms with van der Waals surface area (Å²) in [4.78, 5) is 0. The second kappa shape index (κ2) is 5.21. The first kappa shape index (κ1) is 13.9. The van der Waals surface area contributed by atoms with Gasteiger partial charge in [-0.05, 0) is 18.2 Å². The number of aromatic nitrogens is 3. The number of benzene rings is 1. The Hall–Kier alpha value is -2.56. The number of hydrogen-bond acceptors (Lipinski definition) is 4. The van der Waals surface area contributed by atoms with Crippen molar-refractivity contribution in [1.82, 2.24) is 15.0 Å². The summed E-state index contributed by atoms with van der Waals surface area (Å²) in [6.45, 7) is 0.114. The van der Waals surface area contributed by atoms with Crippen molar-refractivity contribution in [3.8, 4) is 6.07 Å². The van der Waals surface area contributed by atoms with Crippen molar-refractivity contribution in [3.05, 3.63) is 41.2 Å². The van der Waals surface area contributed by atoms with E-state index in [1.807, 2.05) is 0 Å². The number of nitriles is 1. The lowest BCUT2D eigenvalue weighted by Crippen LogP contribution is -2.11. The molecule has 1 N–H and O–H groups in total. The largest absolute Gasteiger partial charge is 0.418 e.